The minimum Gasteiger partial charge on any atom is -0.472 e. The molecule has 8 heteroatoms. The van der Waals surface area contributed by atoms with Gasteiger partial charge in [-0.05, 0) is 41.0 Å². The van der Waals surface area contributed by atoms with Crippen LogP contribution >= 0.6 is 27.3 Å². The Labute approximate surface area is 136 Å². The molecule has 0 saturated heterocycles. The first-order valence-electron chi connectivity index (χ1n) is 6.52. The van der Waals surface area contributed by atoms with Gasteiger partial charge in [-0.1, -0.05) is 6.92 Å². The lowest BCUT2D eigenvalue weighted by Crippen LogP contribution is -2.22. The molecule has 2 rings (SSSR count). The Balaban J connectivity index is 2.05. The van der Waals surface area contributed by atoms with Gasteiger partial charge in [0.15, 0.2) is 0 Å². The summed E-state index contributed by atoms with van der Waals surface area (Å²) in [5.74, 6) is 0. The second kappa shape index (κ2) is 7.55. The smallest absolute Gasteiger partial charge is 0.242 e. The predicted molar refractivity (Wildman–Crippen MR) is 86.8 cm³/mol. The highest BCUT2D eigenvalue weighted by Gasteiger charge is 2.20. The van der Waals surface area contributed by atoms with Gasteiger partial charge in [-0.15, -0.1) is 11.3 Å². The molecule has 0 aliphatic carbocycles. The average molecular weight is 393 g/mol. The molecule has 0 aromatic carbocycles. The van der Waals surface area contributed by atoms with Crippen molar-refractivity contribution in [3.8, 4) is 0 Å². The maximum atomic E-state index is 12.3. The normalized spacial score (nSPS) is 11.9. The fourth-order valence-electron chi connectivity index (χ4n) is 1.71. The molecular weight excluding hydrogens is 376 g/mol. The van der Waals surface area contributed by atoms with Crippen LogP contribution < -0.4 is 10.0 Å². The Morgan fingerprint density at radius 1 is 1.38 bits per heavy atom. The van der Waals surface area contributed by atoms with Crippen LogP contribution in [0.25, 0.3) is 0 Å². The summed E-state index contributed by atoms with van der Waals surface area (Å²) in [5, 5.41) is 3.26. The molecule has 2 heterocycles. The van der Waals surface area contributed by atoms with Crippen LogP contribution in [0.3, 0.4) is 0 Å². The summed E-state index contributed by atoms with van der Waals surface area (Å²) < 4.78 is 32.7. The number of rotatable bonds is 8. The zero-order chi connectivity index (χ0) is 15.3. The van der Waals surface area contributed by atoms with Crippen LogP contribution in [0.2, 0.25) is 0 Å². The van der Waals surface area contributed by atoms with Gasteiger partial charge in [-0.3, -0.25) is 0 Å². The molecule has 2 aromatic heterocycles. The van der Waals surface area contributed by atoms with Crippen LogP contribution in [-0.4, -0.2) is 15.0 Å². The highest BCUT2D eigenvalue weighted by Crippen LogP contribution is 2.31. The predicted octanol–water partition coefficient (Wildman–Crippen LogP) is 3.08. The second-order valence-electron chi connectivity index (χ2n) is 4.48. The van der Waals surface area contributed by atoms with Gasteiger partial charge in [0.05, 0.1) is 16.3 Å². The van der Waals surface area contributed by atoms with E-state index in [0.717, 1.165) is 23.4 Å². The monoisotopic (exact) mass is 392 g/mol. The highest BCUT2D eigenvalue weighted by atomic mass is 79.9. The van der Waals surface area contributed by atoms with Crippen molar-refractivity contribution in [2.45, 2.75) is 31.3 Å². The molecule has 0 radical (unpaired) electrons. The van der Waals surface area contributed by atoms with Gasteiger partial charge in [-0.25, -0.2) is 13.1 Å². The summed E-state index contributed by atoms with van der Waals surface area (Å²) in [5.41, 5.74) is 0.787. The van der Waals surface area contributed by atoms with Crippen LogP contribution in [0.4, 0.5) is 0 Å². The number of hydrogen-bond donors (Lipinski definition) is 2. The standard InChI is InChI=1S/C13H17BrN2O3S2/c1-2-4-15-8-11-6-12(13(14)20-11)21(17,18)16-7-10-3-5-19-9-10/h3,5-6,9,15-16H,2,4,7-8H2,1H3. The lowest BCUT2D eigenvalue weighted by atomic mass is 10.4. The largest absolute Gasteiger partial charge is 0.472 e. The Morgan fingerprint density at radius 2 is 2.19 bits per heavy atom. The first-order valence-corrected chi connectivity index (χ1v) is 9.62. The molecule has 0 unspecified atom stereocenters. The molecule has 0 saturated carbocycles. The summed E-state index contributed by atoms with van der Waals surface area (Å²) in [7, 11) is -3.53. The van der Waals surface area contributed by atoms with Gasteiger partial charge in [0.2, 0.25) is 10.0 Å². The third-order valence-electron chi connectivity index (χ3n) is 2.77. The van der Waals surface area contributed by atoms with Crippen molar-refractivity contribution in [1.82, 2.24) is 10.0 Å². The molecule has 0 amide bonds. The van der Waals surface area contributed by atoms with Crippen molar-refractivity contribution in [2.24, 2.45) is 0 Å². The van der Waals surface area contributed by atoms with Gasteiger partial charge in [-0.2, -0.15) is 0 Å². The number of halogens is 1. The SMILES string of the molecule is CCCNCc1cc(S(=O)(=O)NCc2ccoc2)c(Br)s1. The maximum absolute atomic E-state index is 12.3. The maximum Gasteiger partial charge on any atom is 0.242 e. The Hall–Kier alpha value is -0.670. The van der Waals surface area contributed by atoms with Gasteiger partial charge in [0, 0.05) is 23.5 Å². The molecule has 0 spiro atoms. The first kappa shape index (κ1) is 16.7. The summed E-state index contributed by atoms with van der Waals surface area (Å²) in [6.07, 6.45) is 4.08. The number of thiophene rings is 1. The average Bonchev–Trinajstić information content (AvgIpc) is 3.07. The van der Waals surface area contributed by atoms with E-state index < -0.39 is 10.0 Å². The van der Waals surface area contributed by atoms with E-state index in [2.05, 4.69) is 32.9 Å². The number of nitrogens with one attached hydrogen (secondary N) is 2. The van der Waals surface area contributed by atoms with E-state index in [9.17, 15) is 8.42 Å². The van der Waals surface area contributed by atoms with E-state index in [1.54, 1.807) is 12.1 Å². The van der Waals surface area contributed by atoms with Crippen LogP contribution in [0.15, 0.2) is 37.8 Å². The molecule has 0 aliphatic rings. The summed E-state index contributed by atoms with van der Waals surface area (Å²) in [6, 6.07) is 3.43. The molecule has 0 bridgehead atoms. The van der Waals surface area contributed by atoms with Gasteiger partial charge >= 0.3 is 0 Å². The van der Waals surface area contributed by atoms with Crippen molar-refractivity contribution < 1.29 is 12.8 Å². The van der Waals surface area contributed by atoms with E-state index >= 15 is 0 Å². The van der Waals surface area contributed by atoms with Crippen molar-refractivity contribution >= 4 is 37.3 Å². The first-order chi connectivity index (χ1) is 10.0. The van der Waals surface area contributed by atoms with Crippen LogP contribution in [0.5, 0.6) is 0 Å². The zero-order valence-electron chi connectivity index (χ0n) is 11.6. The molecule has 0 fully saturated rings. The van der Waals surface area contributed by atoms with Crippen molar-refractivity contribution in [3.63, 3.8) is 0 Å². The second-order valence-corrected chi connectivity index (χ2v) is 8.67. The van der Waals surface area contributed by atoms with Gasteiger partial charge < -0.3 is 9.73 Å². The third-order valence-corrected chi connectivity index (χ3v) is 6.42. The van der Waals surface area contributed by atoms with E-state index in [0.29, 0.717) is 10.3 Å². The number of furan rings is 1. The molecule has 0 atom stereocenters. The fraction of sp³-hybridized carbons (Fsp3) is 0.385. The van der Waals surface area contributed by atoms with Crippen LogP contribution in [0, 0.1) is 0 Å². The third kappa shape index (κ3) is 4.65. The quantitative estimate of drug-likeness (QED) is 0.677. The number of sulfonamides is 1. The summed E-state index contributed by atoms with van der Waals surface area (Å²) in [4.78, 5) is 1.27. The Morgan fingerprint density at radius 3 is 2.86 bits per heavy atom. The van der Waals surface area contributed by atoms with E-state index in [1.165, 1.54) is 23.9 Å². The Kier molecular flexibility index (Phi) is 6.00. The molecular formula is C13H17BrN2O3S2. The fourth-order valence-corrected chi connectivity index (χ4v) is 5.37. The van der Waals surface area contributed by atoms with Gasteiger partial charge in [0.1, 0.15) is 4.90 Å². The Bertz CT molecular complexity index is 666. The lowest BCUT2D eigenvalue weighted by molar-refractivity contribution is 0.561. The topological polar surface area (TPSA) is 71.3 Å². The molecule has 0 aliphatic heterocycles. The zero-order valence-corrected chi connectivity index (χ0v) is 14.8. The molecule has 5 nitrogen and oxygen atoms in total. The van der Waals surface area contributed by atoms with Crippen LogP contribution in [-0.2, 0) is 23.1 Å². The molecule has 2 N–H and O–H groups in total. The van der Waals surface area contributed by atoms with E-state index in [-0.39, 0.29) is 11.4 Å². The summed E-state index contributed by atoms with van der Waals surface area (Å²) >= 11 is 4.77. The molecule has 116 valence electrons. The minimum atomic E-state index is -3.53. The van der Waals surface area contributed by atoms with Crippen molar-refractivity contribution in [1.29, 1.82) is 0 Å². The van der Waals surface area contributed by atoms with E-state index in [1.807, 2.05) is 0 Å². The van der Waals surface area contributed by atoms with Gasteiger partial charge in [0.25, 0.3) is 0 Å². The molecule has 2 aromatic rings. The highest BCUT2D eigenvalue weighted by molar-refractivity contribution is 9.11. The van der Waals surface area contributed by atoms with Crippen molar-refractivity contribution in [3.05, 3.63) is 38.9 Å². The van der Waals surface area contributed by atoms with Crippen molar-refractivity contribution in [2.75, 3.05) is 6.54 Å². The number of hydrogen-bond acceptors (Lipinski definition) is 5. The van der Waals surface area contributed by atoms with E-state index in [4.69, 9.17) is 4.42 Å². The van der Waals surface area contributed by atoms with Crippen LogP contribution in [0.1, 0.15) is 23.8 Å². The summed E-state index contributed by atoms with van der Waals surface area (Å²) in [6.45, 7) is 3.89. The lowest BCUT2D eigenvalue weighted by Gasteiger charge is -2.04. The minimum absolute atomic E-state index is 0.213. The molecule has 21 heavy (non-hydrogen) atoms.